The Labute approximate surface area is 88.1 Å². The molecule has 0 bridgehead atoms. The van der Waals surface area contributed by atoms with E-state index in [0.29, 0.717) is 5.69 Å². The van der Waals surface area contributed by atoms with E-state index >= 15 is 0 Å². The van der Waals surface area contributed by atoms with Crippen molar-refractivity contribution in [2.45, 2.75) is 12.5 Å². The molecule has 0 aromatic heterocycles. The number of anilines is 1. The van der Waals surface area contributed by atoms with Crippen LogP contribution in [0.5, 0.6) is 5.75 Å². The summed E-state index contributed by atoms with van der Waals surface area (Å²) in [7, 11) is 0. The lowest BCUT2D eigenvalue weighted by Crippen LogP contribution is -2.35. The van der Waals surface area contributed by atoms with Crippen LogP contribution in [0.15, 0.2) is 24.3 Å². The second-order valence-electron chi connectivity index (χ2n) is 3.05. The van der Waals surface area contributed by atoms with Crippen molar-refractivity contribution in [3.05, 3.63) is 24.3 Å². The summed E-state index contributed by atoms with van der Waals surface area (Å²) >= 11 is 0. The lowest BCUT2D eigenvalue weighted by Gasteiger charge is -2.09. The van der Waals surface area contributed by atoms with Crippen LogP contribution in [0.3, 0.4) is 0 Å². The summed E-state index contributed by atoms with van der Waals surface area (Å²) in [5.41, 5.74) is 6.08. The molecule has 1 amide bonds. The number of carbonyl (C=O) groups excluding carboxylic acids is 1. The summed E-state index contributed by atoms with van der Waals surface area (Å²) < 4.78 is 0. The first kappa shape index (κ1) is 11.1. The quantitative estimate of drug-likeness (QED) is 0.500. The number of nitrogens with two attached hydrogens (primary N) is 1. The molecule has 0 aliphatic carbocycles. The molecule has 0 radical (unpaired) electrons. The number of benzene rings is 1. The molecule has 1 aromatic carbocycles. The van der Waals surface area contributed by atoms with Gasteiger partial charge in [-0.1, -0.05) is 0 Å². The van der Waals surface area contributed by atoms with Crippen molar-refractivity contribution in [2.75, 3.05) is 5.32 Å². The van der Waals surface area contributed by atoms with E-state index in [0.717, 1.165) is 0 Å². The molecule has 1 aromatic rings. The second kappa shape index (κ2) is 5.03. The fraction of sp³-hybridized carbons (Fsp3) is 0.182. The van der Waals surface area contributed by atoms with Gasteiger partial charge in [0.1, 0.15) is 5.75 Å². The summed E-state index contributed by atoms with van der Waals surface area (Å²) in [5.74, 6) is 2.12. The first-order valence-electron chi connectivity index (χ1n) is 4.42. The maximum atomic E-state index is 11.4. The van der Waals surface area contributed by atoms with Gasteiger partial charge in [-0.25, -0.2) is 0 Å². The van der Waals surface area contributed by atoms with Crippen LogP contribution >= 0.6 is 0 Å². The maximum Gasteiger partial charge on any atom is 0.242 e. The Morgan fingerprint density at radius 2 is 2.13 bits per heavy atom. The van der Waals surface area contributed by atoms with Crippen molar-refractivity contribution in [3.8, 4) is 18.1 Å². The number of phenols is 1. The topological polar surface area (TPSA) is 75.4 Å². The van der Waals surface area contributed by atoms with Gasteiger partial charge < -0.3 is 16.2 Å². The van der Waals surface area contributed by atoms with Gasteiger partial charge in [0.05, 0.1) is 6.04 Å². The molecule has 0 aliphatic rings. The number of phenolic OH excluding ortho intramolecular Hbond substituents is 1. The van der Waals surface area contributed by atoms with Crippen molar-refractivity contribution in [1.82, 2.24) is 0 Å². The minimum absolute atomic E-state index is 0.140. The van der Waals surface area contributed by atoms with E-state index in [-0.39, 0.29) is 18.1 Å². The molecule has 1 atom stereocenters. The van der Waals surface area contributed by atoms with Crippen molar-refractivity contribution in [3.63, 3.8) is 0 Å². The van der Waals surface area contributed by atoms with Crippen LogP contribution in [-0.4, -0.2) is 17.1 Å². The maximum absolute atomic E-state index is 11.4. The summed E-state index contributed by atoms with van der Waals surface area (Å²) in [6.45, 7) is 0. The minimum Gasteiger partial charge on any atom is -0.508 e. The number of hydrogen-bond acceptors (Lipinski definition) is 3. The van der Waals surface area contributed by atoms with E-state index in [9.17, 15) is 4.79 Å². The SMILES string of the molecule is C#CCC(N)C(=O)Nc1ccc(O)cc1. The molecule has 4 nitrogen and oxygen atoms in total. The first-order valence-corrected chi connectivity index (χ1v) is 4.42. The molecule has 0 spiro atoms. The first-order chi connectivity index (χ1) is 7.13. The second-order valence-corrected chi connectivity index (χ2v) is 3.05. The monoisotopic (exact) mass is 204 g/mol. The average molecular weight is 204 g/mol. The van der Waals surface area contributed by atoms with Crippen LogP contribution in [0.4, 0.5) is 5.69 Å². The van der Waals surface area contributed by atoms with E-state index in [4.69, 9.17) is 17.3 Å². The Kier molecular flexibility index (Phi) is 3.72. The van der Waals surface area contributed by atoms with Crippen LogP contribution in [0, 0.1) is 12.3 Å². The number of terminal acetylenes is 1. The lowest BCUT2D eigenvalue weighted by molar-refractivity contribution is -0.117. The third kappa shape index (κ3) is 3.33. The zero-order valence-corrected chi connectivity index (χ0v) is 8.10. The number of aromatic hydroxyl groups is 1. The Balaban J connectivity index is 2.59. The largest absolute Gasteiger partial charge is 0.508 e. The van der Waals surface area contributed by atoms with E-state index in [1.807, 2.05) is 0 Å². The number of amides is 1. The number of nitrogens with one attached hydrogen (secondary N) is 1. The molecule has 0 aliphatic heterocycles. The molecular formula is C11H12N2O2. The molecular weight excluding hydrogens is 192 g/mol. The highest BCUT2D eigenvalue weighted by atomic mass is 16.3. The van der Waals surface area contributed by atoms with Crippen LogP contribution in [-0.2, 0) is 4.79 Å². The summed E-state index contributed by atoms with van der Waals surface area (Å²) in [6, 6.07) is 5.40. The van der Waals surface area contributed by atoms with Gasteiger partial charge in [-0.05, 0) is 24.3 Å². The summed E-state index contributed by atoms with van der Waals surface area (Å²) in [5, 5.41) is 11.6. The molecule has 0 saturated heterocycles. The Hall–Kier alpha value is -1.99. The van der Waals surface area contributed by atoms with Gasteiger partial charge >= 0.3 is 0 Å². The van der Waals surface area contributed by atoms with Gasteiger partial charge in [0.25, 0.3) is 0 Å². The number of hydrogen-bond donors (Lipinski definition) is 3. The highest BCUT2D eigenvalue weighted by Gasteiger charge is 2.11. The highest BCUT2D eigenvalue weighted by Crippen LogP contribution is 2.13. The molecule has 0 fully saturated rings. The Morgan fingerprint density at radius 3 is 2.67 bits per heavy atom. The van der Waals surface area contributed by atoms with E-state index in [1.165, 1.54) is 12.1 Å². The molecule has 78 valence electrons. The zero-order valence-electron chi connectivity index (χ0n) is 8.10. The van der Waals surface area contributed by atoms with Crippen molar-refractivity contribution >= 4 is 11.6 Å². The normalized spacial score (nSPS) is 11.5. The van der Waals surface area contributed by atoms with Crippen LogP contribution in [0.2, 0.25) is 0 Å². The Bertz CT molecular complexity index is 379. The van der Waals surface area contributed by atoms with Crippen molar-refractivity contribution in [2.24, 2.45) is 5.73 Å². The predicted octanol–water partition coefficient (Wildman–Crippen LogP) is 0.681. The van der Waals surface area contributed by atoms with Gasteiger partial charge in [-0.3, -0.25) is 4.79 Å². The van der Waals surface area contributed by atoms with Crippen LogP contribution < -0.4 is 11.1 Å². The zero-order chi connectivity index (χ0) is 11.3. The third-order valence-electron chi connectivity index (χ3n) is 1.81. The molecule has 0 saturated carbocycles. The molecule has 4 heteroatoms. The standard InChI is InChI=1S/C11H12N2O2/c1-2-3-10(12)11(15)13-8-4-6-9(14)7-5-8/h1,4-7,10,14H,3,12H2,(H,13,15). The molecule has 4 N–H and O–H groups in total. The van der Waals surface area contributed by atoms with Gasteiger partial charge in [0, 0.05) is 12.1 Å². The third-order valence-corrected chi connectivity index (χ3v) is 1.81. The van der Waals surface area contributed by atoms with Gasteiger partial charge in [0.2, 0.25) is 5.91 Å². The molecule has 1 unspecified atom stereocenters. The van der Waals surface area contributed by atoms with Gasteiger partial charge in [0.15, 0.2) is 0 Å². The fourth-order valence-electron chi connectivity index (χ4n) is 0.999. The summed E-state index contributed by atoms with van der Waals surface area (Å²) in [4.78, 5) is 11.4. The highest BCUT2D eigenvalue weighted by molar-refractivity contribution is 5.94. The molecule has 0 heterocycles. The molecule has 15 heavy (non-hydrogen) atoms. The van der Waals surface area contributed by atoms with Crippen molar-refractivity contribution < 1.29 is 9.90 Å². The minimum atomic E-state index is -0.705. The van der Waals surface area contributed by atoms with Gasteiger partial charge in [-0.2, -0.15) is 0 Å². The number of carbonyl (C=O) groups is 1. The summed E-state index contributed by atoms with van der Waals surface area (Å²) in [6.07, 6.45) is 5.24. The smallest absolute Gasteiger partial charge is 0.242 e. The van der Waals surface area contributed by atoms with Crippen molar-refractivity contribution in [1.29, 1.82) is 0 Å². The van der Waals surface area contributed by atoms with Crippen LogP contribution in [0.25, 0.3) is 0 Å². The van der Waals surface area contributed by atoms with Gasteiger partial charge in [-0.15, -0.1) is 12.3 Å². The van der Waals surface area contributed by atoms with E-state index in [1.54, 1.807) is 12.1 Å². The van der Waals surface area contributed by atoms with E-state index < -0.39 is 6.04 Å². The number of rotatable bonds is 3. The fourth-order valence-corrected chi connectivity index (χ4v) is 0.999. The Morgan fingerprint density at radius 1 is 1.53 bits per heavy atom. The lowest BCUT2D eigenvalue weighted by atomic mass is 10.2. The van der Waals surface area contributed by atoms with Crippen LogP contribution in [0.1, 0.15) is 6.42 Å². The average Bonchev–Trinajstić information content (AvgIpc) is 2.22. The molecule has 1 rings (SSSR count). The van der Waals surface area contributed by atoms with E-state index in [2.05, 4.69) is 11.2 Å². The predicted molar refractivity (Wildman–Crippen MR) is 58.2 cm³/mol.